The number of nitrogens with zero attached hydrogens (tertiary/aromatic N) is 3. The van der Waals surface area contributed by atoms with E-state index in [0.717, 1.165) is 24.2 Å². The second kappa shape index (κ2) is 5.05. The zero-order valence-electron chi connectivity index (χ0n) is 11.3. The first-order valence-corrected chi connectivity index (χ1v) is 6.69. The Morgan fingerprint density at radius 2 is 2.05 bits per heavy atom. The summed E-state index contributed by atoms with van der Waals surface area (Å²) in [7, 11) is 1.97. The summed E-state index contributed by atoms with van der Waals surface area (Å²) in [5, 5.41) is 3.36. The Bertz CT molecular complexity index is 565. The summed E-state index contributed by atoms with van der Waals surface area (Å²) in [6.45, 7) is 2.00. The predicted octanol–water partition coefficient (Wildman–Crippen LogP) is 2.17. The third-order valence-electron chi connectivity index (χ3n) is 3.79. The van der Waals surface area contributed by atoms with Crippen LogP contribution in [0.4, 0.5) is 0 Å². The Labute approximate surface area is 113 Å². The molecule has 2 aromatic heterocycles. The van der Waals surface area contributed by atoms with Crippen molar-refractivity contribution in [2.24, 2.45) is 0 Å². The van der Waals surface area contributed by atoms with E-state index >= 15 is 0 Å². The number of aromatic nitrogens is 3. The highest BCUT2D eigenvalue weighted by Crippen LogP contribution is 2.39. The van der Waals surface area contributed by atoms with Gasteiger partial charge in [0, 0.05) is 30.2 Å². The molecule has 2 unspecified atom stereocenters. The molecule has 4 nitrogen and oxygen atoms in total. The van der Waals surface area contributed by atoms with Gasteiger partial charge in [0.25, 0.3) is 0 Å². The van der Waals surface area contributed by atoms with E-state index in [1.807, 2.05) is 38.6 Å². The summed E-state index contributed by atoms with van der Waals surface area (Å²) in [6.07, 6.45) is 7.83. The van der Waals surface area contributed by atoms with Gasteiger partial charge in [-0.15, -0.1) is 0 Å². The molecule has 1 aliphatic carbocycles. The molecule has 19 heavy (non-hydrogen) atoms. The van der Waals surface area contributed by atoms with E-state index in [9.17, 15) is 0 Å². The van der Waals surface area contributed by atoms with Crippen molar-refractivity contribution < 1.29 is 0 Å². The van der Waals surface area contributed by atoms with E-state index in [4.69, 9.17) is 0 Å². The number of hydrogen-bond acceptors (Lipinski definition) is 4. The first kappa shape index (κ1) is 12.2. The van der Waals surface area contributed by atoms with E-state index in [1.165, 1.54) is 11.3 Å². The third-order valence-corrected chi connectivity index (χ3v) is 3.79. The van der Waals surface area contributed by atoms with Crippen LogP contribution in [0.1, 0.15) is 41.0 Å². The summed E-state index contributed by atoms with van der Waals surface area (Å²) in [5.41, 5.74) is 3.65. The molecule has 2 atom stereocenters. The maximum absolute atomic E-state index is 4.56. The lowest BCUT2D eigenvalue weighted by Gasteiger charge is -2.21. The molecule has 0 aliphatic heterocycles. The van der Waals surface area contributed by atoms with Gasteiger partial charge in [0.05, 0.1) is 6.04 Å². The number of nitrogens with one attached hydrogen (secondary N) is 1. The molecular weight excluding hydrogens is 236 g/mol. The van der Waals surface area contributed by atoms with Crippen LogP contribution in [-0.2, 0) is 6.42 Å². The maximum Gasteiger partial charge on any atom is 0.145 e. The molecule has 0 bridgehead atoms. The Hall–Kier alpha value is -1.81. The van der Waals surface area contributed by atoms with Crippen LogP contribution in [0.3, 0.4) is 0 Å². The van der Waals surface area contributed by atoms with Gasteiger partial charge in [-0.1, -0.05) is 6.07 Å². The Balaban J connectivity index is 1.94. The van der Waals surface area contributed by atoms with Crippen LogP contribution in [0.2, 0.25) is 0 Å². The molecule has 98 valence electrons. The van der Waals surface area contributed by atoms with E-state index in [-0.39, 0.29) is 6.04 Å². The SMILES string of the molecule is CNC(c1ncc(C)cn1)C1CCc2cccnc21. The average molecular weight is 254 g/mol. The lowest BCUT2D eigenvalue weighted by molar-refractivity contribution is 0.448. The van der Waals surface area contributed by atoms with Crippen LogP contribution in [0, 0.1) is 6.92 Å². The monoisotopic (exact) mass is 254 g/mol. The van der Waals surface area contributed by atoms with Crippen molar-refractivity contribution in [3.8, 4) is 0 Å². The highest BCUT2D eigenvalue weighted by atomic mass is 15.0. The lowest BCUT2D eigenvalue weighted by Crippen LogP contribution is -2.25. The fraction of sp³-hybridized carbons (Fsp3) is 0.400. The molecule has 1 aliphatic rings. The van der Waals surface area contributed by atoms with Crippen molar-refractivity contribution in [1.82, 2.24) is 20.3 Å². The Morgan fingerprint density at radius 3 is 2.79 bits per heavy atom. The van der Waals surface area contributed by atoms with E-state index < -0.39 is 0 Å². The minimum absolute atomic E-state index is 0.136. The molecule has 0 amide bonds. The zero-order valence-corrected chi connectivity index (χ0v) is 11.3. The minimum atomic E-state index is 0.136. The van der Waals surface area contributed by atoms with E-state index in [1.54, 1.807) is 0 Å². The van der Waals surface area contributed by atoms with Crippen molar-refractivity contribution in [3.63, 3.8) is 0 Å². The molecule has 0 radical (unpaired) electrons. The van der Waals surface area contributed by atoms with Crippen molar-refractivity contribution in [1.29, 1.82) is 0 Å². The van der Waals surface area contributed by atoms with E-state index in [2.05, 4.69) is 26.3 Å². The predicted molar refractivity (Wildman–Crippen MR) is 73.9 cm³/mol. The van der Waals surface area contributed by atoms with Gasteiger partial charge in [-0.3, -0.25) is 4.98 Å². The summed E-state index contributed by atoms with van der Waals surface area (Å²) >= 11 is 0. The van der Waals surface area contributed by atoms with Crippen LogP contribution in [0.5, 0.6) is 0 Å². The van der Waals surface area contributed by atoms with Crippen LogP contribution in [0.15, 0.2) is 30.7 Å². The standard InChI is InChI=1S/C15H18N4/c1-10-8-18-15(19-9-10)14(16-2)12-6-5-11-4-3-7-17-13(11)12/h3-4,7-9,12,14,16H,5-6H2,1-2H3. The first-order chi connectivity index (χ1) is 9.29. The average Bonchev–Trinajstić information content (AvgIpc) is 2.86. The number of likely N-dealkylation sites (N-methyl/N-ethyl adjacent to an activating group) is 1. The van der Waals surface area contributed by atoms with Gasteiger partial charge in [-0.05, 0) is 44.0 Å². The van der Waals surface area contributed by atoms with Crippen LogP contribution >= 0.6 is 0 Å². The van der Waals surface area contributed by atoms with Gasteiger partial charge in [0.1, 0.15) is 5.82 Å². The zero-order chi connectivity index (χ0) is 13.2. The fourth-order valence-electron chi connectivity index (χ4n) is 2.84. The summed E-state index contributed by atoms with van der Waals surface area (Å²) in [6, 6.07) is 4.32. The normalized spacial score (nSPS) is 19.2. The summed E-state index contributed by atoms with van der Waals surface area (Å²) < 4.78 is 0. The molecule has 2 aromatic rings. The maximum atomic E-state index is 4.56. The molecule has 1 N–H and O–H groups in total. The van der Waals surface area contributed by atoms with Crippen molar-refractivity contribution in [2.45, 2.75) is 31.7 Å². The number of aryl methyl sites for hydroxylation is 2. The second-order valence-corrected chi connectivity index (χ2v) is 5.08. The quantitative estimate of drug-likeness (QED) is 0.912. The number of rotatable bonds is 3. The second-order valence-electron chi connectivity index (χ2n) is 5.08. The highest BCUT2D eigenvalue weighted by molar-refractivity contribution is 5.31. The van der Waals surface area contributed by atoms with Gasteiger partial charge in [0.15, 0.2) is 0 Å². The highest BCUT2D eigenvalue weighted by Gasteiger charge is 2.32. The van der Waals surface area contributed by atoms with Gasteiger partial charge in [-0.25, -0.2) is 9.97 Å². The largest absolute Gasteiger partial charge is 0.310 e. The fourth-order valence-corrected chi connectivity index (χ4v) is 2.84. The molecular formula is C15H18N4. The molecule has 0 saturated carbocycles. The third kappa shape index (κ3) is 2.24. The van der Waals surface area contributed by atoms with Gasteiger partial charge < -0.3 is 5.32 Å². The molecule has 0 saturated heterocycles. The van der Waals surface area contributed by atoms with Crippen molar-refractivity contribution >= 4 is 0 Å². The number of pyridine rings is 1. The van der Waals surface area contributed by atoms with Gasteiger partial charge >= 0.3 is 0 Å². The molecule has 0 fully saturated rings. The number of hydrogen-bond donors (Lipinski definition) is 1. The minimum Gasteiger partial charge on any atom is -0.310 e. The molecule has 0 aromatic carbocycles. The van der Waals surface area contributed by atoms with Crippen LogP contribution in [0.25, 0.3) is 0 Å². The van der Waals surface area contributed by atoms with Gasteiger partial charge in [0.2, 0.25) is 0 Å². The van der Waals surface area contributed by atoms with Gasteiger partial charge in [-0.2, -0.15) is 0 Å². The van der Waals surface area contributed by atoms with E-state index in [0.29, 0.717) is 5.92 Å². The summed E-state index contributed by atoms with van der Waals surface area (Å²) in [4.78, 5) is 13.5. The topological polar surface area (TPSA) is 50.7 Å². The number of fused-ring (bicyclic) bond motifs is 1. The molecule has 3 rings (SSSR count). The first-order valence-electron chi connectivity index (χ1n) is 6.69. The molecule has 0 spiro atoms. The Morgan fingerprint density at radius 1 is 1.26 bits per heavy atom. The smallest absolute Gasteiger partial charge is 0.145 e. The van der Waals surface area contributed by atoms with Crippen LogP contribution < -0.4 is 5.32 Å². The molecule has 4 heteroatoms. The van der Waals surface area contributed by atoms with Crippen molar-refractivity contribution in [3.05, 3.63) is 53.4 Å². The molecule has 2 heterocycles. The van der Waals surface area contributed by atoms with Crippen LogP contribution in [-0.4, -0.2) is 22.0 Å². The lowest BCUT2D eigenvalue weighted by atomic mass is 9.96. The van der Waals surface area contributed by atoms with Crippen molar-refractivity contribution in [2.75, 3.05) is 7.05 Å². The Kier molecular flexibility index (Phi) is 3.25. The summed E-state index contributed by atoms with van der Waals surface area (Å²) in [5.74, 6) is 1.22.